The SMILES string of the molecule is CN=C(NCC(c1ccccc1)N(C)C)N1CCOC(c2cnn(C)c2)C1. The highest BCUT2D eigenvalue weighted by molar-refractivity contribution is 5.80. The van der Waals surface area contributed by atoms with Crippen LogP contribution >= 0.6 is 0 Å². The lowest BCUT2D eigenvalue weighted by Crippen LogP contribution is -2.49. The van der Waals surface area contributed by atoms with Crippen molar-refractivity contribution in [1.29, 1.82) is 0 Å². The Bertz CT molecular complexity index is 742. The van der Waals surface area contributed by atoms with Gasteiger partial charge in [-0.2, -0.15) is 5.10 Å². The molecule has 2 heterocycles. The maximum absolute atomic E-state index is 5.95. The van der Waals surface area contributed by atoms with Crippen molar-refractivity contribution >= 4 is 5.96 Å². The van der Waals surface area contributed by atoms with Gasteiger partial charge in [0, 0.05) is 38.9 Å². The molecule has 1 aromatic heterocycles. The molecule has 7 heteroatoms. The minimum absolute atomic E-state index is 0.0183. The van der Waals surface area contributed by atoms with E-state index >= 15 is 0 Å². The van der Waals surface area contributed by atoms with Crippen molar-refractivity contribution < 1.29 is 4.74 Å². The van der Waals surface area contributed by atoms with Crippen LogP contribution in [0, 0.1) is 0 Å². The van der Waals surface area contributed by atoms with E-state index in [1.54, 1.807) is 0 Å². The highest BCUT2D eigenvalue weighted by Gasteiger charge is 2.25. The molecule has 1 N–H and O–H groups in total. The van der Waals surface area contributed by atoms with Crippen molar-refractivity contribution in [2.45, 2.75) is 12.1 Å². The van der Waals surface area contributed by atoms with E-state index in [-0.39, 0.29) is 12.1 Å². The number of aryl methyl sites for hydroxylation is 1. The summed E-state index contributed by atoms with van der Waals surface area (Å²) in [5.74, 6) is 0.912. The molecule has 1 aliphatic rings. The lowest BCUT2D eigenvalue weighted by atomic mass is 10.1. The van der Waals surface area contributed by atoms with Gasteiger partial charge in [0.05, 0.1) is 25.4 Å². The normalized spacial score (nSPS) is 19.4. The average molecular weight is 371 g/mol. The predicted octanol–water partition coefficient (Wildman–Crippen LogP) is 1.67. The van der Waals surface area contributed by atoms with Gasteiger partial charge < -0.3 is 19.9 Å². The lowest BCUT2D eigenvalue weighted by molar-refractivity contribution is -0.00811. The standard InChI is InChI=1S/C20H30N6O/c1-21-20(22-13-18(24(2)3)16-8-6-5-7-9-16)26-10-11-27-19(15-26)17-12-23-25(4)14-17/h5-9,12,14,18-19H,10-11,13,15H2,1-4H3,(H,21,22). The molecule has 0 saturated carbocycles. The van der Waals surface area contributed by atoms with Crippen LogP contribution in [-0.2, 0) is 11.8 Å². The van der Waals surface area contributed by atoms with E-state index in [2.05, 4.69) is 69.6 Å². The molecule has 1 saturated heterocycles. The molecule has 2 unspecified atom stereocenters. The molecule has 0 amide bonds. The molecule has 0 radical (unpaired) electrons. The number of nitrogens with zero attached hydrogens (tertiary/aromatic N) is 5. The van der Waals surface area contributed by atoms with E-state index in [4.69, 9.17) is 4.74 Å². The first-order chi connectivity index (χ1) is 13.1. The molecule has 1 fully saturated rings. The van der Waals surface area contributed by atoms with Gasteiger partial charge in [0.1, 0.15) is 6.10 Å². The highest BCUT2D eigenvalue weighted by atomic mass is 16.5. The van der Waals surface area contributed by atoms with Crippen LogP contribution in [0.5, 0.6) is 0 Å². The number of ether oxygens (including phenoxy) is 1. The summed E-state index contributed by atoms with van der Waals surface area (Å²) in [6.45, 7) is 3.06. The van der Waals surface area contributed by atoms with Crippen LogP contribution in [0.1, 0.15) is 23.3 Å². The molecule has 3 rings (SSSR count). The maximum Gasteiger partial charge on any atom is 0.193 e. The van der Waals surface area contributed by atoms with Crippen LogP contribution in [0.4, 0.5) is 0 Å². The topological polar surface area (TPSA) is 57.9 Å². The number of nitrogens with one attached hydrogen (secondary N) is 1. The van der Waals surface area contributed by atoms with Crippen molar-refractivity contribution in [3.63, 3.8) is 0 Å². The Labute approximate surface area is 161 Å². The van der Waals surface area contributed by atoms with Gasteiger partial charge in [-0.15, -0.1) is 0 Å². The fourth-order valence-electron chi connectivity index (χ4n) is 3.44. The monoisotopic (exact) mass is 370 g/mol. The summed E-state index contributed by atoms with van der Waals surface area (Å²) in [6, 6.07) is 10.8. The largest absolute Gasteiger partial charge is 0.370 e. The quantitative estimate of drug-likeness (QED) is 0.641. The number of aromatic nitrogens is 2. The highest BCUT2D eigenvalue weighted by Crippen LogP contribution is 2.22. The molecule has 2 aromatic rings. The summed E-state index contributed by atoms with van der Waals surface area (Å²) in [6.07, 6.45) is 3.91. The molecule has 1 aromatic carbocycles. The number of aliphatic imine (C=N–C) groups is 1. The Morgan fingerprint density at radius 3 is 2.78 bits per heavy atom. The van der Waals surface area contributed by atoms with E-state index in [0.29, 0.717) is 6.61 Å². The van der Waals surface area contributed by atoms with E-state index in [1.807, 2.05) is 31.2 Å². The Morgan fingerprint density at radius 1 is 1.37 bits per heavy atom. The average Bonchev–Trinajstić information content (AvgIpc) is 3.12. The Balaban J connectivity index is 1.64. The van der Waals surface area contributed by atoms with Gasteiger partial charge in [0.15, 0.2) is 5.96 Å². The minimum Gasteiger partial charge on any atom is -0.370 e. The summed E-state index contributed by atoms with van der Waals surface area (Å²) < 4.78 is 7.76. The number of hydrogen-bond acceptors (Lipinski definition) is 4. The Morgan fingerprint density at radius 2 is 2.15 bits per heavy atom. The smallest absolute Gasteiger partial charge is 0.193 e. The van der Waals surface area contributed by atoms with Crippen LogP contribution in [0.2, 0.25) is 0 Å². The maximum atomic E-state index is 5.95. The van der Waals surface area contributed by atoms with Gasteiger partial charge in [0.25, 0.3) is 0 Å². The fourth-order valence-corrected chi connectivity index (χ4v) is 3.44. The van der Waals surface area contributed by atoms with Gasteiger partial charge in [-0.05, 0) is 19.7 Å². The van der Waals surface area contributed by atoms with Crippen LogP contribution < -0.4 is 5.32 Å². The molecule has 1 aliphatic heterocycles. The first-order valence-electron chi connectivity index (χ1n) is 9.35. The predicted molar refractivity (Wildman–Crippen MR) is 108 cm³/mol. The van der Waals surface area contributed by atoms with E-state index in [0.717, 1.165) is 31.2 Å². The van der Waals surface area contributed by atoms with Crippen LogP contribution in [0.3, 0.4) is 0 Å². The van der Waals surface area contributed by atoms with Gasteiger partial charge in [-0.1, -0.05) is 30.3 Å². The zero-order valence-electron chi connectivity index (χ0n) is 16.7. The summed E-state index contributed by atoms with van der Waals surface area (Å²) in [7, 11) is 7.98. The summed E-state index contributed by atoms with van der Waals surface area (Å²) in [5.41, 5.74) is 2.40. The Hall–Kier alpha value is -2.38. The molecule has 7 nitrogen and oxygen atoms in total. The first-order valence-corrected chi connectivity index (χ1v) is 9.35. The fraction of sp³-hybridized carbons (Fsp3) is 0.500. The van der Waals surface area contributed by atoms with Gasteiger partial charge in [0.2, 0.25) is 0 Å². The second-order valence-electron chi connectivity index (χ2n) is 7.07. The van der Waals surface area contributed by atoms with Crippen molar-refractivity contribution in [3.05, 3.63) is 53.9 Å². The van der Waals surface area contributed by atoms with Gasteiger partial charge in [-0.3, -0.25) is 9.67 Å². The number of likely N-dealkylation sites (N-methyl/N-ethyl adjacent to an activating group) is 1. The zero-order chi connectivity index (χ0) is 19.2. The zero-order valence-corrected chi connectivity index (χ0v) is 16.7. The second kappa shape index (κ2) is 9.01. The third-order valence-electron chi connectivity index (χ3n) is 4.94. The number of benzene rings is 1. The van der Waals surface area contributed by atoms with E-state index < -0.39 is 0 Å². The second-order valence-corrected chi connectivity index (χ2v) is 7.07. The Kier molecular flexibility index (Phi) is 6.47. The van der Waals surface area contributed by atoms with E-state index in [1.165, 1.54) is 5.56 Å². The molecule has 0 spiro atoms. The molecule has 2 atom stereocenters. The third kappa shape index (κ3) is 4.87. The van der Waals surface area contributed by atoms with Gasteiger partial charge >= 0.3 is 0 Å². The lowest BCUT2D eigenvalue weighted by Gasteiger charge is -2.35. The van der Waals surface area contributed by atoms with Crippen molar-refractivity contribution in [2.75, 3.05) is 47.4 Å². The molecule has 0 aliphatic carbocycles. The molecular weight excluding hydrogens is 340 g/mol. The summed E-state index contributed by atoms with van der Waals surface area (Å²) in [4.78, 5) is 9.00. The van der Waals surface area contributed by atoms with Crippen molar-refractivity contribution in [3.8, 4) is 0 Å². The van der Waals surface area contributed by atoms with E-state index in [9.17, 15) is 0 Å². The minimum atomic E-state index is 0.0183. The summed E-state index contributed by atoms with van der Waals surface area (Å²) >= 11 is 0. The number of rotatable bonds is 5. The number of guanidine groups is 1. The van der Waals surface area contributed by atoms with Crippen LogP contribution in [0.25, 0.3) is 0 Å². The van der Waals surface area contributed by atoms with Crippen LogP contribution in [0.15, 0.2) is 47.7 Å². The number of morpholine rings is 1. The molecule has 146 valence electrons. The number of hydrogen-bond donors (Lipinski definition) is 1. The van der Waals surface area contributed by atoms with Gasteiger partial charge in [-0.25, -0.2) is 0 Å². The van der Waals surface area contributed by atoms with Crippen LogP contribution in [-0.4, -0.2) is 72.9 Å². The molecule has 27 heavy (non-hydrogen) atoms. The first kappa shape index (κ1) is 19.4. The summed E-state index contributed by atoms with van der Waals surface area (Å²) in [5, 5.41) is 7.82. The molecular formula is C20H30N6O. The third-order valence-corrected chi connectivity index (χ3v) is 4.94. The molecule has 0 bridgehead atoms. The van der Waals surface area contributed by atoms with Crippen molar-refractivity contribution in [2.24, 2.45) is 12.0 Å². The van der Waals surface area contributed by atoms with Crippen molar-refractivity contribution in [1.82, 2.24) is 24.9 Å².